The number of aryl methyl sites for hydroxylation is 2. The van der Waals surface area contributed by atoms with Crippen molar-refractivity contribution in [3.05, 3.63) is 11.4 Å². The van der Waals surface area contributed by atoms with Crippen LogP contribution >= 0.6 is 0 Å². The molecule has 0 atom stereocenters. The van der Waals surface area contributed by atoms with Crippen LogP contribution in [-0.2, 0) is 11.8 Å². The SMILES string of the molecule is Cc1nn(C)c(C)c1NC(=O)CC1CNC1. The first-order chi connectivity index (χ1) is 7.58. The zero-order valence-electron chi connectivity index (χ0n) is 10.0. The Balaban J connectivity index is 1.99. The fraction of sp³-hybridized carbons (Fsp3) is 0.636. The van der Waals surface area contributed by atoms with Crippen LogP contribution in [0, 0.1) is 19.8 Å². The second-order valence-electron chi connectivity index (χ2n) is 4.45. The Hall–Kier alpha value is -1.36. The van der Waals surface area contributed by atoms with Crippen LogP contribution in [-0.4, -0.2) is 28.8 Å². The Bertz CT molecular complexity index is 406. The molecule has 0 aromatic carbocycles. The maximum atomic E-state index is 11.8. The molecule has 5 heteroatoms. The summed E-state index contributed by atoms with van der Waals surface area (Å²) >= 11 is 0. The lowest BCUT2D eigenvalue weighted by Gasteiger charge is -2.26. The third kappa shape index (κ3) is 2.09. The Morgan fingerprint density at radius 1 is 1.56 bits per heavy atom. The van der Waals surface area contributed by atoms with E-state index in [4.69, 9.17) is 0 Å². The first-order valence-electron chi connectivity index (χ1n) is 5.58. The van der Waals surface area contributed by atoms with Gasteiger partial charge in [-0.3, -0.25) is 9.48 Å². The summed E-state index contributed by atoms with van der Waals surface area (Å²) in [5, 5.41) is 10.4. The van der Waals surface area contributed by atoms with Crippen molar-refractivity contribution in [2.24, 2.45) is 13.0 Å². The van der Waals surface area contributed by atoms with E-state index in [2.05, 4.69) is 15.7 Å². The summed E-state index contributed by atoms with van der Waals surface area (Å²) in [5.41, 5.74) is 2.73. The third-order valence-electron chi connectivity index (χ3n) is 3.11. The third-order valence-corrected chi connectivity index (χ3v) is 3.11. The van der Waals surface area contributed by atoms with E-state index in [0.717, 1.165) is 30.2 Å². The van der Waals surface area contributed by atoms with Crippen molar-refractivity contribution in [3.8, 4) is 0 Å². The molecule has 0 unspecified atom stereocenters. The Morgan fingerprint density at radius 3 is 2.69 bits per heavy atom. The van der Waals surface area contributed by atoms with E-state index < -0.39 is 0 Å². The number of amides is 1. The molecule has 1 aromatic rings. The van der Waals surface area contributed by atoms with Gasteiger partial charge in [0.2, 0.25) is 5.91 Å². The molecule has 1 saturated heterocycles. The van der Waals surface area contributed by atoms with Gasteiger partial charge in [0, 0.05) is 13.5 Å². The number of carbonyl (C=O) groups is 1. The summed E-state index contributed by atoms with van der Waals surface area (Å²) in [5.74, 6) is 0.586. The predicted octanol–water partition coefficient (Wildman–Crippen LogP) is 0.585. The molecule has 1 aliphatic rings. The van der Waals surface area contributed by atoms with Crippen molar-refractivity contribution in [1.29, 1.82) is 0 Å². The molecule has 1 aromatic heterocycles. The van der Waals surface area contributed by atoms with Crippen LogP contribution in [0.5, 0.6) is 0 Å². The molecule has 0 aliphatic carbocycles. The number of hydrogen-bond donors (Lipinski definition) is 2. The fourth-order valence-electron chi connectivity index (χ4n) is 1.90. The van der Waals surface area contributed by atoms with E-state index in [-0.39, 0.29) is 5.91 Å². The molecule has 88 valence electrons. The summed E-state index contributed by atoms with van der Waals surface area (Å²) in [6.07, 6.45) is 0.598. The van der Waals surface area contributed by atoms with E-state index in [0.29, 0.717) is 12.3 Å². The van der Waals surface area contributed by atoms with Gasteiger partial charge in [0.05, 0.1) is 17.1 Å². The van der Waals surface area contributed by atoms with Gasteiger partial charge in [0.15, 0.2) is 0 Å². The highest BCUT2D eigenvalue weighted by molar-refractivity contribution is 5.92. The second-order valence-corrected chi connectivity index (χ2v) is 4.45. The average Bonchev–Trinajstić information content (AvgIpc) is 2.39. The first kappa shape index (κ1) is 11.1. The molecule has 1 fully saturated rings. The lowest BCUT2D eigenvalue weighted by molar-refractivity contribution is -0.117. The van der Waals surface area contributed by atoms with Crippen molar-refractivity contribution in [3.63, 3.8) is 0 Å². The molecule has 1 aliphatic heterocycles. The van der Waals surface area contributed by atoms with Crippen LogP contribution in [0.15, 0.2) is 0 Å². The number of nitrogens with one attached hydrogen (secondary N) is 2. The van der Waals surface area contributed by atoms with Crippen molar-refractivity contribution in [2.75, 3.05) is 18.4 Å². The number of carbonyl (C=O) groups excluding carboxylic acids is 1. The van der Waals surface area contributed by atoms with Crippen molar-refractivity contribution >= 4 is 11.6 Å². The Kier molecular flexibility index (Phi) is 2.96. The van der Waals surface area contributed by atoms with Gasteiger partial charge in [0.25, 0.3) is 0 Å². The maximum absolute atomic E-state index is 11.8. The monoisotopic (exact) mass is 222 g/mol. The van der Waals surface area contributed by atoms with Gasteiger partial charge >= 0.3 is 0 Å². The molecule has 0 radical (unpaired) electrons. The number of rotatable bonds is 3. The zero-order valence-corrected chi connectivity index (χ0v) is 10.0. The minimum atomic E-state index is 0.0886. The molecule has 1 amide bonds. The molecule has 0 spiro atoms. The minimum absolute atomic E-state index is 0.0886. The van der Waals surface area contributed by atoms with Gasteiger partial charge in [0.1, 0.15) is 0 Å². The highest BCUT2D eigenvalue weighted by Crippen LogP contribution is 2.19. The van der Waals surface area contributed by atoms with Crippen molar-refractivity contribution < 1.29 is 4.79 Å². The van der Waals surface area contributed by atoms with E-state index in [1.54, 1.807) is 4.68 Å². The molecule has 2 N–H and O–H groups in total. The topological polar surface area (TPSA) is 59.0 Å². The highest BCUT2D eigenvalue weighted by atomic mass is 16.1. The van der Waals surface area contributed by atoms with Crippen LogP contribution in [0.25, 0.3) is 0 Å². The standard InChI is InChI=1S/C11H18N4O/c1-7-11(8(2)15(3)14-7)13-10(16)4-9-5-12-6-9/h9,12H,4-6H2,1-3H3,(H,13,16). The average molecular weight is 222 g/mol. The lowest BCUT2D eigenvalue weighted by Crippen LogP contribution is -2.43. The molecular formula is C11H18N4O. The summed E-state index contributed by atoms with van der Waals surface area (Å²) in [6.45, 7) is 5.78. The normalized spacial score (nSPS) is 15.9. The van der Waals surface area contributed by atoms with Gasteiger partial charge in [-0.15, -0.1) is 0 Å². The fourth-order valence-corrected chi connectivity index (χ4v) is 1.90. The summed E-state index contributed by atoms with van der Waals surface area (Å²) in [6, 6.07) is 0. The van der Waals surface area contributed by atoms with Crippen molar-refractivity contribution in [2.45, 2.75) is 20.3 Å². The predicted molar refractivity (Wildman–Crippen MR) is 62.3 cm³/mol. The van der Waals surface area contributed by atoms with Crippen LogP contribution < -0.4 is 10.6 Å². The first-order valence-corrected chi connectivity index (χ1v) is 5.58. The van der Waals surface area contributed by atoms with Gasteiger partial charge < -0.3 is 10.6 Å². The Morgan fingerprint density at radius 2 is 2.25 bits per heavy atom. The molecule has 16 heavy (non-hydrogen) atoms. The lowest BCUT2D eigenvalue weighted by atomic mass is 9.99. The molecule has 0 saturated carbocycles. The summed E-state index contributed by atoms with van der Waals surface area (Å²) in [4.78, 5) is 11.8. The second kappa shape index (κ2) is 4.25. The van der Waals surface area contributed by atoms with Gasteiger partial charge in [-0.05, 0) is 32.9 Å². The van der Waals surface area contributed by atoms with Crippen LogP contribution in [0.3, 0.4) is 0 Å². The van der Waals surface area contributed by atoms with Gasteiger partial charge in [-0.2, -0.15) is 5.10 Å². The number of hydrogen-bond acceptors (Lipinski definition) is 3. The number of nitrogens with zero attached hydrogens (tertiary/aromatic N) is 2. The summed E-state index contributed by atoms with van der Waals surface area (Å²) < 4.78 is 1.79. The smallest absolute Gasteiger partial charge is 0.224 e. The zero-order chi connectivity index (χ0) is 11.7. The molecule has 2 rings (SSSR count). The van der Waals surface area contributed by atoms with E-state index >= 15 is 0 Å². The molecule has 2 heterocycles. The maximum Gasteiger partial charge on any atom is 0.224 e. The van der Waals surface area contributed by atoms with Gasteiger partial charge in [-0.25, -0.2) is 0 Å². The van der Waals surface area contributed by atoms with Gasteiger partial charge in [-0.1, -0.05) is 0 Å². The quantitative estimate of drug-likeness (QED) is 0.786. The van der Waals surface area contributed by atoms with E-state index in [9.17, 15) is 4.79 Å². The number of anilines is 1. The molecule has 5 nitrogen and oxygen atoms in total. The van der Waals surface area contributed by atoms with Crippen LogP contribution in [0.2, 0.25) is 0 Å². The summed E-state index contributed by atoms with van der Waals surface area (Å²) in [7, 11) is 1.88. The highest BCUT2D eigenvalue weighted by Gasteiger charge is 2.21. The van der Waals surface area contributed by atoms with E-state index in [1.807, 2.05) is 20.9 Å². The largest absolute Gasteiger partial charge is 0.323 e. The van der Waals surface area contributed by atoms with Crippen molar-refractivity contribution in [1.82, 2.24) is 15.1 Å². The van der Waals surface area contributed by atoms with Crippen LogP contribution in [0.1, 0.15) is 17.8 Å². The number of aromatic nitrogens is 2. The van der Waals surface area contributed by atoms with E-state index in [1.165, 1.54) is 0 Å². The van der Waals surface area contributed by atoms with Crippen LogP contribution in [0.4, 0.5) is 5.69 Å². The minimum Gasteiger partial charge on any atom is -0.323 e. The molecule has 0 bridgehead atoms. The Labute approximate surface area is 95.2 Å². The molecular weight excluding hydrogens is 204 g/mol.